The molecular formula is C16H14O2Se. The van der Waals surface area contributed by atoms with Crippen LogP contribution in [0.1, 0.15) is 11.7 Å². The van der Waals surface area contributed by atoms with E-state index in [9.17, 15) is 5.11 Å². The Kier molecular flexibility index (Phi) is 5.06. The van der Waals surface area contributed by atoms with Gasteiger partial charge in [0.25, 0.3) is 0 Å². The normalized spacial score (nSPS) is 11.6. The second-order valence-electron chi connectivity index (χ2n) is 3.83. The van der Waals surface area contributed by atoms with Crippen LogP contribution in [0.4, 0.5) is 0 Å². The van der Waals surface area contributed by atoms with E-state index in [0.717, 1.165) is 0 Å². The molecule has 96 valence electrons. The van der Waals surface area contributed by atoms with Gasteiger partial charge in [0.15, 0.2) is 0 Å². The number of hydrogen-bond acceptors (Lipinski definition) is 2. The van der Waals surface area contributed by atoms with Crippen LogP contribution >= 0.6 is 0 Å². The van der Waals surface area contributed by atoms with Crippen molar-refractivity contribution in [2.75, 3.05) is 5.51 Å². The van der Waals surface area contributed by atoms with Gasteiger partial charge in [0.2, 0.25) is 0 Å². The molecule has 0 fully saturated rings. The molecule has 2 rings (SSSR count). The minimum atomic E-state index is -0.916. The Morgan fingerprint density at radius 2 is 1.79 bits per heavy atom. The molecule has 1 unspecified atom stereocenters. The topological polar surface area (TPSA) is 29.5 Å². The van der Waals surface area contributed by atoms with Gasteiger partial charge in [-0.15, -0.1) is 0 Å². The van der Waals surface area contributed by atoms with Gasteiger partial charge in [0.1, 0.15) is 0 Å². The molecule has 3 heteroatoms. The van der Waals surface area contributed by atoms with E-state index >= 15 is 0 Å². The third kappa shape index (κ3) is 3.87. The molecule has 0 aromatic heterocycles. The van der Waals surface area contributed by atoms with Gasteiger partial charge in [-0.2, -0.15) is 0 Å². The summed E-state index contributed by atoms with van der Waals surface area (Å²) in [7, 11) is 0. The molecule has 0 amide bonds. The molecule has 2 nitrogen and oxygen atoms in total. The van der Waals surface area contributed by atoms with Gasteiger partial charge >= 0.3 is 119 Å². The van der Waals surface area contributed by atoms with Crippen LogP contribution in [0.25, 0.3) is 0 Å². The number of para-hydroxylation sites is 1. The Labute approximate surface area is 119 Å². The van der Waals surface area contributed by atoms with Gasteiger partial charge in [-0.3, -0.25) is 0 Å². The Morgan fingerprint density at radius 1 is 1.11 bits per heavy atom. The fourth-order valence-corrected chi connectivity index (χ4v) is 3.01. The Balaban J connectivity index is 1.98. The van der Waals surface area contributed by atoms with E-state index in [-0.39, 0.29) is 15.0 Å². The Bertz CT molecular complexity index is 560. The molecule has 0 spiro atoms. The number of aliphatic hydroxyl groups is 1. The van der Waals surface area contributed by atoms with Crippen molar-refractivity contribution in [2.45, 2.75) is 6.10 Å². The molecule has 0 aliphatic rings. The van der Waals surface area contributed by atoms with Crippen molar-refractivity contribution >= 4 is 19.4 Å². The number of terminal acetylenes is 1. The predicted octanol–water partition coefficient (Wildman–Crippen LogP) is 1.72. The maximum absolute atomic E-state index is 9.72. The predicted molar refractivity (Wildman–Crippen MR) is 77.6 cm³/mol. The number of benzene rings is 2. The third-order valence-electron chi connectivity index (χ3n) is 2.55. The van der Waals surface area contributed by atoms with Crippen LogP contribution < -0.4 is 9.20 Å². The average Bonchev–Trinajstić information content (AvgIpc) is 2.48. The average molecular weight is 317 g/mol. The summed E-state index contributed by atoms with van der Waals surface area (Å²) >= 11 is 0.246. The molecule has 0 saturated carbocycles. The molecule has 19 heavy (non-hydrogen) atoms. The summed E-state index contributed by atoms with van der Waals surface area (Å²) in [5, 5.41) is 9.72. The van der Waals surface area contributed by atoms with Crippen molar-refractivity contribution < 1.29 is 9.84 Å². The SMILES string of the molecule is C#CC(O)c1ccccc1OC[Se]c1ccccc1. The summed E-state index contributed by atoms with van der Waals surface area (Å²) < 4.78 is 7.02. The van der Waals surface area contributed by atoms with Crippen LogP contribution in [-0.4, -0.2) is 25.6 Å². The third-order valence-corrected chi connectivity index (χ3v) is 4.32. The quantitative estimate of drug-likeness (QED) is 0.672. The van der Waals surface area contributed by atoms with Gasteiger partial charge in [-0.1, -0.05) is 0 Å². The summed E-state index contributed by atoms with van der Waals surface area (Å²) in [5.41, 5.74) is 1.26. The molecule has 0 bridgehead atoms. The van der Waals surface area contributed by atoms with Gasteiger partial charge in [0.05, 0.1) is 0 Å². The monoisotopic (exact) mass is 318 g/mol. The Morgan fingerprint density at radius 3 is 2.53 bits per heavy atom. The fraction of sp³-hybridized carbons (Fsp3) is 0.125. The molecule has 1 atom stereocenters. The zero-order chi connectivity index (χ0) is 13.5. The maximum atomic E-state index is 9.72. The summed E-state index contributed by atoms with van der Waals surface area (Å²) in [5.74, 6) is 2.97. The van der Waals surface area contributed by atoms with Crippen molar-refractivity contribution in [1.82, 2.24) is 0 Å². The summed E-state index contributed by atoms with van der Waals surface area (Å²) in [6.45, 7) is 0. The Hall–Kier alpha value is -1.72. The van der Waals surface area contributed by atoms with Crippen molar-refractivity contribution in [1.29, 1.82) is 0 Å². The van der Waals surface area contributed by atoms with Gasteiger partial charge in [-0.05, 0) is 0 Å². The second kappa shape index (κ2) is 7.01. The summed E-state index contributed by atoms with van der Waals surface area (Å²) in [4.78, 5) is 0. The van der Waals surface area contributed by atoms with E-state index in [1.165, 1.54) is 4.46 Å². The van der Waals surface area contributed by atoms with Crippen LogP contribution in [0.2, 0.25) is 0 Å². The van der Waals surface area contributed by atoms with Gasteiger partial charge < -0.3 is 0 Å². The molecule has 0 aliphatic carbocycles. The number of aliphatic hydroxyl groups excluding tert-OH is 1. The van der Waals surface area contributed by atoms with Gasteiger partial charge in [-0.25, -0.2) is 0 Å². The molecule has 2 aromatic rings. The van der Waals surface area contributed by atoms with E-state index in [1.807, 2.05) is 36.4 Å². The molecule has 1 N–H and O–H groups in total. The summed E-state index contributed by atoms with van der Waals surface area (Å²) in [6.07, 6.45) is 4.32. The molecule has 0 aliphatic heterocycles. The first-order valence-corrected chi connectivity index (χ1v) is 7.92. The first-order valence-electron chi connectivity index (χ1n) is 5.85. The van der Waals surface area contributed by atoms with E-state index in [1.54, 1.807) is 6.07 Å². The second-order valence-corrected chi connectivity index (χ2v) is 5.92. The van der Waals surface area contributed by atoms with Gasteiger partial charge in [0, 0.05) is 0 Å². The first-order chi connectivity index (χ1) is 9.31. The van der Waals surface area contributed by atoms with Crippen LogP contribution in [0.15, 0.2) is 54.6 Å². The summed E-state index contributed by atoms with van der Waals surface area (Å²) in [6, 6.07) is 17.5. The van der Waals surface area contributed by atoms with Crippen LogP contribution in [0, 0.1) is 12.3 Å². The first kappa shape index (κ1) is 13.7. The van der Waals surface area contributed by atoms with Crippen LogP contribution in [0.3, 0.4) is 0 Å². The minimum absolute atomic E-state index is 0.246. The molecular weight excluding hydrogens is 303 g/mol. The number of hydrogen-bond donors (Lipinski definition) is 1. The molecule has 0 heterocycles. The van der Waals surface area contributed by atoms with Crippen molar-refractivity contribution in [2.24, 2.45) is 0 Å². The fourth-order valence-electron chi connectivity index (χ4n) is 1.61. The number of ether oxygens (including phenoxy) is 1. The van der Waals surface area contributed by atoms with Crippen LogP contribution in [0.5, 0.6) is 5.75 Å². The van der Waals surface area contributed by atoms with Crippen molar-refractivity contribution in [3.05, 3.63) is 60.2 Å². The zero-order valence-electron chi connectivity index (χ0n) is 10.3. The van der Waals surface area contributed by atoms with Crippen molar-refractivity contribution in [3.63, 3.8) is 0 Å². The van der Waals surface area contributed by atoms with E-state index in [2.05, 4.69) is 18.1 Å². The standard InChI is InChI=1S/C16H14O2Se/c1-2-15(17)14-10-6-7-11-16(14)18-12-19-13-8-4-3-5-9-13/h1,3-11,15,17H,12H2. The molecule has 0 saturated heterocycles. The molecule has 2 aromatic carbocycles. The van der Waals surface area contributed by atoms with Crippen LogP contribution in [-0.2, 0) is 0 Å². The van der Waals surface area contributed by atoms with E-state index < -0.39 is 6.10 Å². The molecule has 0 radical (unpaired) electrons. The van der Waals surface area contributed by atoms with Crippen molar-refractivity contribution in [3.8, 4) is 18.1 Å². The van der Waals surface area contributed by atoms with E-state index in [4.69, 9.17) is 11.2 Å². The zero-order valence-corrected chi connectivity index (χ0v) is 12.0. The van der Waals surface area contributed by atoms with E-state index in [0.29, 0.717) is 16.8 Å². The number of rotatable bonds is 5.